The Balaban J connectivity index is 1.74. The van der Waals surface area contributed by atoms with Crippen molar-refractivity contribution in [2.75, 3.05) is 32.8 Å². The summed E-state index contributed by atoms with van der Waals surface area (Å²) in [6, 6.07) is 0.807. The maximum absolute atomic E-state index is 6.05. The molecule has 2 aliphatic rings. The van der Waals surface area contributed by atoms with Crippen LogP contribution in [-0.4, -0.2) is 43.7 Å². The number of nitrogens with two attached hydrogens (primary N) is 1. The number of hydrogen-bond donors (Lipinski definition) is 2. The highest BCUT2D eigenvalue weighted by atomic mass is 16.5. The first-order valence-corrected chi connectivity index (χ1v) is 9.31. The van der Waals surface area contributed by atoms with Crippen LogP contribution in [0.3, 0.4) is 0 Å². The van der Waals surface area contributed by atoms with Gasteiger partial charge in [0.05, 0.1) is 12.4 Å². The van der Waals surface area contributed by atoms with E-state index in [0.717, 1.165) is 36.1 Å². The van der Waals surface area contributed by atoms with E-state index in [1.165, 1.54) is 51.9 Å². The summed E-state index contributed by atoms with van der Waals surface area (Å²) in [6.45, 7) is 11.9. The molecule has 2 heterocycles. The van der Waals surface area contributed by atoms with Crippen molar-refractivity contribution in [1.29, 1.82) is 0 Å². The lowest BCUT2D eigenvalue weighted by Crippen LogP contribution is -2.46. The van der Waals surface area contributed by atoms with Crippen LogP contribution in [0.2, 0.25) is 0 Å². The van der Waals surface area contributed by atoms with Gasteiger partial charge in [-0.2, -0.15) is 0 Å². The summed E-state index contributed by atoms with van der Waals surface area (Å²) in [6.07, 6.45) is 8.05. The average molecular weight is 322 g/mol. The summed E-state index contributed by atoms with van der Waals surface area (Å²) >= 11 is 0. The predicted molar refractivity (Wildman–Crippen MR) is 97.1 cm³/mol. The minimum Gasteiger partial charge on any atom is -0.498 e. The zero-order valence-corrected chi connectivity index (χ0v) is 15.2. The van der Waals surface area contributed by atoms with Crippen LogP contribution in [-0.2, 0) is 4.74 Å². The molecule has 132 valence electrons. The number of nitrogens with zero attached hydrogens (tertiary/aromatic N) is 1. The Morgan fingerprint density at radius 1 is 1.17 bits per heavy atom. The molecule has 0 aromatic carbocycles. The number of hydrogen-bond acceptors (Lipinski definition) is 4. The van der Waals surface area contributed by atoms with Gasteiger partial charge in [-0.1, -0.05) is 12.5 Å². The molecule has 4 heteroatoms. The van der Waals surface area contributed by atoms with Crippen LogP contribution in [0.4, 0.5) is 0 Å². The van der Waals surface area contributed by atoms with E-state index in [9.17, 15) is 0 Å². The minimum atomic E-state index is 0.691. The van der Waals surface area contributed by atoms with Gasteiger partial charge in [0.2, 0.25) is 0 Å². The molecule has 0 aromatic rings. The standard InChI is InChI=1S/C19H35N3O/c1-4-18(13-19(20)15(2)3)23-14-16-7-11-22(12-8-16)17-5-9-21-10-6-17/h13,16-17,21H,4-12,14,20H2,1-3H3/b18-13+. The largest absolute Gasteiger partial charge is 0.498 e. The smallest absolute Gasteiger partial charge is 0.0977 e. The Morgan fingerprint density at radius 3 is 2.39 bits per heavy atom. The molecule has 0 aliphatic carbocycles. The lowest BCUT2D eigenvalue weighted by atomic mass is 9.94. The molecule has 0 radical (unpaired) electrons. The maximum atomic E-state index is 6.05. The monoisotopic (exact) mass is 321 g/mol. The molecule has 0 aromatic heterocycles. The number of nitrogens with one attached hydrogen (secondary N) is 1. The Hall–Kier alpha value is -1.00. The molecule has 0 saturated carbocycles. The molecule has 0 unspecified atom stereocenters. The molecule has 4 nitrogen and oxygen atoms in total. The van der Waals surface area contributed by atoms with Crippen molar-refractivity contribution in [3.05, 3.63) is 23.1 Å². The zero-order chi connectivity index (χ0) is 16.7. The van der Waals surface area contributed by atoms with Gasteiger partial charge in [0.15, 0.2) is 0 Å². The molecule has 2 rings (SSSR count). The molecule has 0 spiro atoms. The van der Waals surface area contributed by atoms with E-state index in [1.807, 2.05) is 19.9 Å². The topological polar surface area (TPSA) is 50.5 Å². The minimum absolute atomic E-state index is 0.691. The quantitative estimate of drug-likeness (QED) is 0.583. The molecule has 2 fully saturated rings. The highest BCUT2D eigenvalue weighted by molar-refractivity contribution is 5.22. The van der Waals surface area contributed by atoms with Crippen LogP contribution in [0.15, 0.2) is 23.1 Å². The number of allylic oxidation sites excluding steroid dienone is 3. The molecule has 3 N–H and O–H groups in total. The first-order chi connectivity index (χ1) is 11.1. The van der Waals surface area contributed by atoms with Gasteiger partial charge in [0.1, 0.15) is 0 Å². The van der Waals surface area contributed by atoms with Gasteiger partial charge in [-0.3, -0.25) is 0 Å². The van der Waals surface area contributed by atoms with E-state index in [2.05, 4.69) is 17.1 Å². The zero-order valence-electron chi connectivity index (χ0n) is 15.2. The Morgan fingerprint density at radius 2 is 1.83 bits per heavy atom. The van der Waals surface area contributed by atoms with Crippen LogP contribution in [0.5, 0.6) is 0 Å². The van der Waals surface area contributed by atoms with Gasteiger partial charge in [-0.25, -0.2) is 0 Å². The summed E-state index contributed by atoms with van der Waals surface area (Å²) in [7, 11) is 0. The molecule has 2 saturated heterocycles. The second-order valence-electron chi connectivity index (χ2n) is 7.19. The Bertz CT molecular complexity index is 412. The molecular weight excluding hydrogens is 286 g/mol. The molecule has 2 aliphatic heterocycles. The van der Waals surface area contributed by atoms with Crippen LogP contribution < -0.4 is 11.1 Å². The normalized spacial score (nSPS) is 22.1. The average Bonchev–Trinajstić information content (AvgIpc) is 2.59. The van der Waals surface area contributed by atoms with Crippen molar-refractivity contribution in [3.63, 3.8) is 0 Å². The summed E-state index contributed by atoms with van der Waals surface area (Å²) in [4.78, 5) is 2.70. The Labute approximate surface area is 142 Å². The number of rotatable bonds is 6. The predicted octanol–water partition coefficient (Wildman–Crippen LogP) is 3.01. The van der Waals surface area contributed by atoms with E-state index in [4.69, 9.17) is 10.5 Å². The van der Waals surface area contributed by atoms with Gasteiger partial charge >= 0.3 is 0 Å². The molecule has 0 atom stereocenters. The maximum Gasteiger partial charge on any atom is 0.0977 e. The van der Waals surface area contributed by atoms with Gasteiger partial charge in [0, 0.05) is 18.2 Å². The van der Waals surface area contributed by atoms with Crippen molar-refractivity contribution < 1.29 is 4.74 Å². The summed E-state index contributed by atoms with van der Waals surface area (Å²) in [5.74, 6) is 1.71. The number of ether oxygens (including phenoxy) is 1. The summed E-state index contributed by atoms with van der Waals surface area (Å²) in [5, 5.41) is 3.46. The molecule has 0 bridgehead atoms. The fraction of sp³-hybridized carbons (Fsp3) is 0.789. The second kappa shape index (κ2) is 9.33. The fourth-order valence-corrected chi connectivity index (χ4v) is 3.45. The van der Waals surface area contributed by atoms with Gasteiger partial charge in [0.25, 0.3) is 0 Å². The van der Waals surface area contributed by atoms with Crippen molar-refractivity contribution in [2.24, 2.45) is 11.7 Å². The molecule has 0 amide bonds. The first kappa shape index (κ1) is 18.3. The van der Waals surface area contributed by atoms with Crippen molar-refractivity contribution in [2.45, 2.75) is 58.9 Å². The Kier molecular flexibility index (Phi) is 7.44. The number of likely N-dealkylation sites (tertiary alicyclic amines) is 1. The summed E-state index contributed by atoms with van der Waals surface area (Å²) in [5.41, 5.74) is 8.00. The van der Waals surface area contributed by atoms with Crippen LogP contribution >= 0.6 is 0 Å². The van der Waals surface area contributed by atoms with Crippen molar-refractivity contribution in [1.82, 2.24) is 10.2 Å². The van der Waals surface area contributed by atoms with Crippen molar-refractivity contribution in [3.8, 4) is 0 Å². The van der Waals surface area contributed by atoms with Crippen LogP contribution in [0.1, 0.15) is 52.9 Å². The molecular formula is C19H35N3O. The van der Waals surface area contributed by atoms with Gasteiger partial charge in [-0.05, 0) is 77.7 Å². The third kappa shape index (κ3) is 5.85. The lowest BCUT2D eigenvalue weighted by Gasteiger charge is -2.39. The summed E-state index contributed by atoms with van der Waals surface area (Å²) < 4.78 is 6.05. The van der Waals surface area contributed by atoms with E-state index >= 15 is 0 Å². The SMILES string of the molecule is CC/C(=C\C(N)=C(C)C)OCC1CCN(C2CCNCC2)CC1. The van der Waals surface area contributed by atoms with Gasteiger partial charge < -0.3 is 20.7 Å². The van der Waals surface area contributed by atoms with E-state index in [0.29, 0.717) is 5.92 Å². The van der Waals surface area contributed by atoms with E-state index in [-0.39, 0.29) is 0 Å². The lowest BCUT2D eigenvalue weighted by molar-refractivity contribution is 0.0732. The van der Waals surface area contributed by atoms with E-state index in [1.54, 1.807) is 0 Å². The van der Waals surface area contributed by atoms with Crippen molar-refractivity contribution >= 4 is 0 Å². The third-order valence-electron chi connectivity index (χ3n) is 5.22. The highest BCUT2D eigenvalue weighted by Crippen LogP contribution is 2.23. The van der Waals surface area contributed by atoms with E-state index < -0.39 is 0 Å². The van der Waals surface area contributed by atoms with Gasteiger partial charge in [-0.15, -0.1) is 0 Å². The van der Waals surface area contributed by atoms with Crippen LogP contribution in [0.25, 0.3) is 0 Å². The number of piperidine rings is 2. The van der Waals surface area contributed by atoms with Crippen LogP contribution in [0, 0.1) is 5.92 Å². The highest BCUT2D eigenvalue weighted by Gasteiger charge is 2.26. The third-order valence-corrected chi connectivity index (χ3v) is 5.22. The first-order valence-electron chi connectivity index (χ1n) is 9.31. The fourth-order valence-electron chi connectivity index (χ4n) is 3.45. The second-order valence-corrected chi connectivity index (χ2v) is 7.19. The molecule has 23 heavy (non-hydrogen) atoms.